The number of carbonyl (C=O) groups is 1. The minimum absolute atomic E-state index is 0.171. The molecule has 0 spiro atoms. The van der Waals surface area contributed by atoms with Gasteiger partial charge in [-0.15, -0.1) is 0 Å². The van der Waals surface area contributed by atoms with E-state index in [-0.39, 0.29) is 18.3 Å². The number of pyridine rings is 1. The molecule has 0 saturated heterocycles. The summed E-state index contributed by atoms with van der Waals surface area (Å²) in [7, 11) is 1.54. The zero-order valence-electron chi connectivity index (χ0n) is 15.3. The summed E-state index contributed by atoms with van der Waals surface area (Å²) in [5.74, 6) is 0.830. The maximum Gasteiger partial charge on any atom is 0.263 e. The lowest BCUT2D eigenvalue weighted by Gasteiger charge is -2.11. The van der Waals surface area contributed by atoms with Crippen molar-refractivity contribution in [1.29, 1.82) is 0 Å². The van der Waals surface area contributed by atoms with E-state index in [2.05, 4.69) is 15.6 Å². The van der Waals surface area contributed by atoms with Gasteiger partial charge < -0.3 is 20.1 Å². The minimum Gasteiger partial charge on any atom is -0.493 e. The summed E-state index contributed by atoms with van der Waals surface area (Å²) < 4.78 is 24.3. The maximum absolute atomic E-state index is 13.6. The molecule has 0 atom stereocenters. The van der Waals surface area contributed by atoms with Crippen molar-refractivity contribution in [3.8, 4) is 11.5 Å². The Balaban J connectivity index is 1.49. The summed E-state index contributed by atoms with van der Waals surface area (Å²) in [6.07, 6.45) is 1.57. The Labute approximate surface area is 162 Å². The van der Waals surface area contributed by atoms with E-state index in [1.54, 1.807) is 54.7 Å². The number of halogens is 1. The van der Waals surface area contributed by atoms with Crippen molar-refractivity contribution in [3.05, 3.63) is 78.2 Å². The van der Waals surface area contributed by atoms with Gasteiger partial charge in [0.2, 0.25) is 0 Å². The van der Waals surface area contributed by atoms with E-state index < -0.39 is 0 Å². The summed E-state index contributed by atoms with van der Waals surface area (Å²) in [4.78, 5) is 16.2. The smallest absolute Gasteiger partial charge is 0.263 e. The molecular weight excluding hydrogens is 361 g/mol. The first-order valence-electron chi connectivity index (χ1n) is 8.64. The largest absolute Gasteiger partial charge is 0.493 e. The second kappa shape index (κ2) is 9.36. The SMILES string of the molecule is COc1ccccc1OCC(=O)Nc1ccc(NCc2ccccc2F)cn1. The molecule has 0 fully saturated rings. The quantitative estimate of drug-likeness (QED) is 0.620. The first kappa shape index (κ1) is 19.2. The molecule has 0 saturated carbocycles. The molecule has 0 unspecified atom stereocenters. The molecule has 144 valence electrons. The van der Waals surface area contributed by atoms with Crippen LogP contribution in [0.1, 0.15) is 5.56 Å². The minimum atomic E-state index is -0.342. The molecule has 0 radical (unpaired) electrons. The van der Waals surface area contributed by atoms with Gasteiger partial charge in [0.1, 0.15) is 11.6 Å². The first-order chi connectivity index (χ1) is 13.7. The van der Waals surface area contributed by atoms with Gasteiger partial charge in [0.05, 0.1) is 19.0 Å². The highest BCUT2D eigenvalue weighted by atomic mass is 19.1. The normalized spacial score (nSPS) is 10.2. The van der Waals surface area contributed by atoms with Crippen molar-refractivity contribution >= 4 is 17.4 Å². The van der Waals surface area contributed by atoms with Crippen LogP contribution in [0.15, 0.2) is 66.9 Å². The van der Waals surface area contributed by atoms with Crippen LogP contribution in [0.3, 0.4) is 0 Å². The molecule has 1 heterocycles. The Bertz CT molecular complexity index is 932. The molecule has 7 heteroatoms. The number of nitrogens with zero attached hydrogens (tertiary/aromatic N) is 1. The van der Waals surface area contributed by atoms with Crippen LogP contribution in [0, 0.1) is 5.82 Å². The van der Waals surface area contributed by atoms with Crippen molar-refractivity contribution in [3.63, 3.8) is 0 Å². The molecule has 1 amide bonds. The van der Waals surface area contributed by atoms with Crippen LogP contribution in [-0.4, -0.2) is 24.6 Å². The predicted octanol–water partition coefficient (Wildman–Crippen LogP) is 3.86. The van der Waals surface area contributed by atoms with Gasteiger partial charge in [0.15, 0.2) is 18.1 Å². The molecule has 6 nitrogen and oxygen atoms in total. The third-order valence-electron chi connectivity index (χ3n) is 3.90. The van der Waals surface area contributed by atoms with Crippen molar-refractivity contribution in [2.45, 2.75) is 6.54 Å². The molecule has 2 aromatic carbocycles. The second-order valence-corrected chi connectivity index (χ2v) is 5.86. The fourth-order valence-electron chi connectivity index (χ4n) is 2.47. The fourth-order valence-corrected chi connectivity index (χ4v) is 2.47. The Morgan fingerprint density at radius 3 is 2.50 bits per heavy atom. The summed E-state index contributed by atoms with van der Waals surface area (Å²) >= 11 is 0. The van der Waals surface area contributed by atoms with Gasteiger partial charge in [0, 0.05) is 12.1 Å². The number of amides is 1. The Morgan fingerprint density at radius 1 is 1.04 bits per heavy atom. The standard InChI is InChI=1S/C21H20FN3O3/c1-27-18-8-4-5-9-19(18)28-14-21(26)25-20-11-10-16(13-24-20)23-12-15-6-2-3-7-17(15)22/h2-11,13,23H,12,14H2,1H3,(H,24,25,26). The number of nitrogens with one attached hydrogen (secondary N) is 2. The number of rotatable bonds is 8. The third-order valence-corrected chi connectivity index (χ3v) is 3.90. The molecule has 0 aliphatic rings. The molecule has 0 bridgehead atoms. The van der Waals surface area contributed by atoms with Gasteiger partial charge in [-0.1, -0.05) is 30.3 Å². The Hall–Kier alpha value is -3.61. The van der Waals surface area contributed by atoms with Crippen molar-refractivity contribution in [2.24, 2.45) is 0 Å². The number of hydrogen-bond acceptors (Lipinski definition) is 5. The van der Waals surface area contributed by atoms with Crippen LogP contribution in [0.25, 0.3) is 0 Å². The van der Waals surface area contributed by atoms with E-state index in [4.69, 9.17) is 9.47 Å². The maximum atomic E-state index is 13.6. The number of aromatic nitrogens is 1. The van der Waals surface area contributed by atoms with Crippen molar-refractivity contribution in [1.82, 2.24) is 4.98 Å². The van der Waals surface area contributed by atoms with Crippen LogP contribution in [0.4, 0.5) is 15.9 Å². The highest BCUT2D eigenvalue weighted by Crippen LogP contribution is 2.25. The molecule has 3 rings (SSSR count). The number of carbonyl (C=O) groups excluding carboxylic acids is 1. The molecule has 3 aromatic rings. The van der Waals surface area contributed by atoms with E-state index in [1.165, 1.54) is 13.2 Å². The Kier molecular flexibility index (Phi) is 6.41. The molecule has 2 N–H and O–H groups in total. The zero-order valence-corrected chi connectivity index (χ0v) is 15.3. The lowest BCUT2D eigenvalue weighted by Crippen LogP contribution is -2.20. The van der Waals surface area contributed by atoms with E-state index in [9.17, 15) is 9.18 Å². The van der Waals surface area contributed by atoms with Gasteiger partial charge in [-0.25, -0.2) is 9.37 Å². The number of methoxy groups -OCH3 is 1. The lowest BCUT2D eigenvalue weighted by molar-refractivity contribution is -0.118. The van der Waals surface area contributed by atoms with Gasteiger partial charge >= 0.3 is 0 Å². The van der Waals surface area contributed by atoms with Crippen LogP contribution in [0.5, 0.6) is 11.5 Å². The van der Waals surface area contributed by atoms with E-state index in [1.807, 2.05) is 6.07 Å². The summed E-state index contributed by atoms with van der Waals surface area (Å²) in [6.45, 7) is 0.169. The van der Waals surface area contributed by atoms with E-state index in [0.717, 1.165) is 0 Å². The number of anilines is 2. The van der Waals surface area contributed by atoms with Gasteiger partial charge in [-0.05, 0) is 30.3 Å². The number of para-hydroxylation sites is 2. The van der Waals surface area contributed by atoms with E-state index in [0.29, 0.717) is 35.1 Å². The zero-order chi connectivity index (χ0) is 19.8. The van der Waals surface area contributed by atoms with Gasteiger partial charge in [-0.3, -0.25) is 4.79 Å². The third kappa shape index (κ3) is 5.20. The molecule has 0 aliphatic heterocycles. The predicted molar refractivity (Wildman–Crippen MR) is 105 cm³/mol. The fraction of sp³-hybridized carbons (Fsp3) is 0.143. The highest BCUT2D eigenvalue weighted by Gasteiger charge is 2.08. The van der Waals surface area contributed by atoms with Gasteiger partial charge in [0.25, 0.3) is 5.91 Å². The topological polar surface area (TPSA) is 72.5 Å². The monoisotopic (exact) mass is 381 g/mol. The number of ether oxygens (including phenoxy) is 2. The highest BCUT2D eigenvalue weighted by molar-refractivity contribution is 5.91. The van der Waals surface area contributed by atoms with Crippen LogP contribution < -0.4 is 20.1 Å². The summed E-state index contributed by atoms with van der Waals surface area (Å²) in [6, 6.07) is 17.1. The van der Waals surface area contributed by atoms with Crippen molar-refractivity contribution < 1.29 is 18.7 Å². The van der Waals surface area contributed by atoms with Crippen molar-refractivity contribution in [2.75, 3.05) is 24.4 Å². The Morgan fingerprint density at radius 2 is 1.79 bits per heavy atom. The first-order valence-corrected chi connectivity index (χ1v) is 8.64. The second-order valence-electron chi connectivity index (χ2n) is 5.86. The molecule has 0 aliphatic carbocycles. The average Bonchev–Trinajstić information content (AvgIpc) is 2.73. The van der Waals surface area contributed by atoms with Crippen LogP contribution >= 0.6 is 0 Å². The molecule has 28 heavy (non-hydrogen) atoms. The molecule has 1 aromatic heterocycles. The molecular formula is C21H20FN3O3. The van der Waals surface area contributed by atoms with Gasteiger partial charge in [-0.2, -0.15) is 0 Å². The number of benzene rings is 2. The summed E-state index contributed by atoms with van der Waals surface area (Å²) in [5, 5.41) is 5.74. The average molecular weight is 381 g/mol. The summed E-state index contributed by atoms with van der Waals surface area (Å²) in [5.41, 5.74) is 1.28. The number of hydrogen-bond donors (Lipinski definition) is 2. The van der Waals surface area contributed by atoms with Crippen LogP contribution in [0.2, 0.25) is 0 Å². The van der Waals surface area contributed by atoms with E-state index >= 15 is 0 Å². The lowest BCUT2D eigenvalue weighted by atomic mass is 10.2. The van der Waals surface area contributed by atoms with Crippen LogP contribution in [-0.2, 0) is 11.3 Å².